The zero-order valence-corrected chi connectivity index (χ0v) is 12.5. The Morgan fingerprint density at radius 3 is 2.70 bits per heavy atom. The number of carbonyl (C=O) groups is 1. The standard InChI is InChI=1S/C13H21N3O3S/c1-3-7-15-13(17)10(2)16-20(18,19)12-6-4-5-11(8-12)9-14/h4-6,8,10,16H,3,7,9,14H2,1-2H3,(H,15,17). The predicted molar refractivity (Wildman–Crippen MR) is 77.4 cm³/mol. The average Bonchev–Trinajstić information content (AvgIpc) is 2.44. The van der Waals surface area contributed by atoms with Crippen LogP contribution in [0, 0.1) is 0 Å². The summed E-state index contributed by atoms with van der Waals surface area (Å²) in [6.07, 6.45) is 0.795. The fourth-order valence-electron chi connectivity index (χ4n) is 1.60. The molecule has 7 heteroatoms. The van der Waals surface area contributed by atoms with E-state index in [1.807, 2.05) is 6.92 Å². The van der Waals surface area contributed by atoms with E-state index < -0.39 is 16.1 Å². The summed E-state index contributed by atoms with van der Waals surface area (Å²) in [5.41, 5.74) is 6.21. The molecule has 1 rings (SSSR count). The van der Waals surface area contributed by atoms with Gasteiger partial charge in [-0.05, 0) is 31.0 Å². The summed E-state index contributed by atoms with van der Waals surface area (Å²) >= 11 is 0. The maximum Gasteiger partial charge on any atom is 0.241 e. The summed E-state index contributed by atoms with van der Waals surface area (Å²) in [5.74, 6) is -0.342. The van der Waals surface area contributed by atoms with E-state index in [4.69, 9.17) is 5.73 Å². The lowest BCUT2D eigenvalue weighted by atomic mass is 10.2. The first kappa shape index (κ1) is 16.6. The van der Waals surface area contributed by atoms with E-state index >= 15 is 0 Å². The molecule has 0 aliphatic carbocycles. The van der Waals surface area contributed by atoms with Gasteiger partial charge in [-0.2, -0.15) is 4.72 Å². The van der Waals surface area contributed by atoms with Gasteiger partial charge in [0.05, 0.1) is 10.9 Å². The molecule has 0 aliphatic rings. The molecule has 0 radical (unpaired) electrons. The second-order valence-electron chi connectivity index (χ2n) is 4.49. The third-order valence-electron chi connectivity index (χ3n) is 2.72. The lowest BCUT2D eigenvalue weighted by Crippen LogP contribution is -2.44. The summed E-state index contributed by atoms with van der Waals surface area (Å²) < 4.78 is 26.7. The molecule has 0 fully saturated rings. The van der Waals surface area contributed by atoms with Crippen molar-refractivity contribution in [2.75, 3.05) is 6.54 Å². The van der Waals surface area contributed by atoms with Crippen molar-refractivity contribution in [1.82, 2.24) is 10.0 Å². The number of amides is 1. The molecule has 0 spiro atoms. The molecular formula is C13H21N3O3S. The van der Waals surface area contributed by atoms with E-state index in [1.54, 1.807) is 12.1 Å². The van der Waals surface area contributed by atoms with E-state index in [-0.39, 0.29) is 17.3 Å². The predicted octanol–water partition coefficient (Wildman–Crippen LogP) is 0.338. The van der Waals surface area contributed by atoms with Crippen LogP contribution in [-0.4, -0.2) is 26.9 Å². The van der Waals surface area contributed by atoms with Gasteiger partial charge in [-0.25, -0.2) is 8.42 Å². The van der Waals surface area contributed by atoms with Crippen LogP contribution in [0.1, 0.15) is 25.8 Å². The van der Waals surface area contributed by atoms with Crippen molar-refractivity contribution < 1.29 is 13.2 Å². The minimum absolute atomic E-state index is 0.107. The van der Waals surface area contributed by atoms with Crippen molar-refractivity contribution in [3.8, 4) is 0 Å². The van der Waals surface area contributed by atoms with Crippen LogP contribution in [0.4, 0.5) is 0 Å². The van der Waals surface area contributed by atoms with Crippen LogP contribution in [0.15, 0.2) is 29.2 Å². The molecule has 1 aromatic rings. The molecule has 1 atom stereocenters. The zero-order chi connectivity index (χ0) is 15.2. The van der Waals surface area contributed by atoms with E-state index in [2.05, 4.69) is 10.0 Å². The quantitative estimate of drug-likeness (QED) is 0.675. The molecule has 1 amide bonds. The largest absolute Gasteiger partial charge is 0.355 e. The first-order chi connectivity index (χ1) is 9.40. The Bertz CT molecular complexity index is 558. The Morgan fingerprint density at radius 2 is 2.10 bits per heavy atom. The van der Waals surface area contributed by atoms with Crippen molar-refractivity contribution in [3.63, 3.8) is 0 Å². The lowest BCUT2D eigenvalue weighted by molar-refractivity contribution is -0.122. The molecule has 112 valence electrons. The highest BCUT2D eigenvalue weighted by molar-refractivity contribution is 7.89. The highest BCUT2D eigenvalue weighted by Gasteiger charge is 2.21. The Balaban J connectivity index is 2.81. The van der Waals surface area contributed by atoms with Crippen molar-refractivity contribution >= 4 is 15.9 Å². The highest BCUT2D eigenvalue weighted by atomic mass is 32.2. The fraction of sp³-hybridized carbons (Fsp3) is 0.462. The van der Waals surface area contributed by atoms with Crippen molar-refractivity contribution in [2.45, 2.75) is 37.8 Å². The Hall–Kier alpha value is -1.44. The first-order valence-electron chi connectivity index (χ1n) is 6.49. The van der Waals surface area contributed by atoms with Gasteiger partial charge in [-0.3, -0.25) is 4.79 Å². The average molecular weight is 299 g/mol. The van der Waals surface area contributed by atoms with E-state index in [0.717, 1.165) is 12.0 Å². The molecule has 0 saturated heterocycles. The minimum atomic E-state index is -3.73. The van der Waals surface area contributed by atoms with Gasteiger partial charge in [0.25, 0.3) is 0 Å². The van der Waals surface area contributed by atoms with Crippen LogP contribution in [0.25, 0.3) is 0 Å². The SMILES string of the molecule is CCCNC(=O)C(C)NS(=O)(=O)c1cccc(CN)c1. The number of rotatable bonds is 7. The Morgan fingerprint density at radius 1 is 1.40 bits per heavy atom. The van der Waals surface area contributed by atoms with Gasteiger partial charge >= 0.3 is 0 Å². The van der Waals surface area contributed by atoms with Crippen LogP contribution in [0.3, 0.4) is 0 Å². The maximum atomic E-state index is 12.2. The Labute approximate surface area is 119 Å². The molecule has 20 heavy (non-hydrogen) atoms. The van der Waals surface area contributed by atoms with Gasteiger partial charge in [0, 0.05) is 13.1 Å². The molecule has 0 aromatic heterocycles. The molecule has 0 heterocycles. The number of nitrogens with two attached hydrogens (primary N) is 1. The number of sulfonamides is 1. The summed E-state index contributed by atoms with van der Waals surface area (Å²) in [7, 11) is -3.73. The number of carbonyl (C=O) groups excluding carboxylic acids is 1. The fourth-order valence-corrected chi connectivity index (χ4v) is 2.87. The number of benzene rings is 1. The highest BCUT2D eigenvalue weighted by Crippen LogP contribution is 2.11. The first-order valence-corrected chi connectivity index (χ1v) is 7.98. The third kappa shape index (κ3) is 4.59. The zero-order valence-electron chi connectivity index (χ0n) is 11.7. The number of nitrogens with one attached hydrogen (secondary N) is 2. The maximum absolute atomic E-state index is 12.2. The number of hydrogen-bond donors (Lipinski definition) is 3. The summed E-state index contributed by atoms with van der Waals surface area (Å²) in [6, 6.07) is 5.51. The van der Waals surface area contributed by atoms with Gasteiger partial charge in [0.15, 0.2) is 0 Å². The van der Waals surface area contributed by atoms with Gasteiger partial charge in [0.2, 0.25) is 15.9 Å². The molecule has 0 saturated carbocycles. The molecule has 6 nitrogen and oxygen atoms in total. The summed E-state index contributed by atoms with van der Waals surface area (Å²) in [6.45, 7) is 4.21. The molecular weight excluding hydrogens is 278 g/mol. The third-order valence-corrected chi connectivity index (χ3v) is 4.26. The van der Waals surface area contributed by atoms with Gasteiger partial charge < -0.3 is 11.1 Å². The van der Waals surface area contributed by atoms with Crippen LogP contribution >= 0.6 is 0 Å². The topological polar surface area (TPSA) is 101 Å². The van der Waals surface area contributed by atoms with E-state index in [1.165, 1.54) is 19.1 Å². The Kier molecular flexibility index (Phi) is 6.12. The second kappa shape index (κ2) is 7.37. The molecule has 4 N–H and O–H groups in total. The van der Waals surface area contributed by atoms with Crippen molar-refractivity contribution in [2.24, 2.45) is 5.73 Å². The van der Waals surface area contributed by atoms with Crippen LogP contribution in [0.2, 0.25) is 0 Å². The van der Waals surface area contributed by atoms with E-state index in [0.29, 0.717) is 6.54 Å². The van der Waals surface area contributed by atoms with Gasteiger partial charge in [-0.1, -0.05) is 19.1 Å². The van der Waals surface area contributed by atoms with Gasteiger partial charge in [0.1, 0.15) is 0 Å². The second-order valence-corrected chi connectivity index (χ2v) is 6.20. The monoisotopic (exact) mass is 299 g/mol. The molecule has 0 bridgehead atoms. The molecule has 1 unspecified atom stereocenters. The van der Waals surface area contributed by atoms with E-state index in [9.17, 15) is 13.2 Å². The summed E-state index contributed by atoms with van der Waals surface area (Å²) in [5, 5.41) is 2.64. The van der Waals surface area contributed by atoms with Crippen LogP contribution in [0.5, 0.6) is 0 Å². The smallest absolute Gasteiger partial charge is 0.241 e. The normalized spacial score (nSPS) is 12.9. The lowest BCUT2D eigenvalue weighted by Gasteiger charge is -2.14. The van der Waals surface area contributed by atoms with Crippen molar-refractivity contribution in [3.05, 3.63) is 29.8 Å². The molecule has 0 aliphatic heterocycles. The number of hydrogen-bond acceptors (Lipinski definition) is 4. The van der Waals surface area contributed by atoms with Crippen LogP contribution in [-0.2, 0) is 21.4 Å². The van der Waals surface area contributed by atoms with Crippen LogP contribution < -0.4 is 15.8 Å². The molecule has 1 aromatic carbocycles. The summed E-state index contributed by atoms with van der Waals surface area (Å²) in [4.78, 5) is 11.8. The van der Waals surface area contributed by atoms with Crippen molar-refractivity contribution in [1.29, 1.82) is 0 Å². The minimum Gasteiger partial charge on any atom is -0.355 e. The van der Waals surface area contributed by atoms with Gasteiger partial charge in [-0.15, -0.1) is 0 Å².